The molecule has 1 saturated heterocycles. The summed E-state index contributed by atoms with van der Waals surface area (Å²) in [7, 11) is -3.84. The van der Waals surface area contributed by atoms with Gasteiger partial charge in [0.2, 0.25) is 10.0 Å². The van der Waals surface area contributed by atoms with E-state index in [1.54, 1.807) is 22.4 Å². The van der Waals surface area contributed by atoms with E-state index >= 15 is 0 Å². The number of benzene rings is 1. The van der Waals surface area contributed by atoms with Gasteiger partial charge >= 0.3 is 0 Å². The minimum Gasteiger partial charge on any atom is -0.360 e. The molecule has 2 aromatic heterocycles. The maximum absolute atomic E-state index is 13.2. The third-order valence-electron chi connectivity index (χ3n) is 5.78. The summed E-state index contributed by atoms with van der Waals surface area (Å²) in [6, 6.07) is 4.20. The summed E-state index contributed by atoms with van der Waals surface area (Å²) in [4.78, 5) is 21.4. The Balaban J connectivity index is 1.33. The van der Waals surface area contributed by atoms with Gasteiger partial charge in [-0.05, 0) is 18.2 Å². The van der Waals surface area contributed by atoms with Crippen LogP contribution >= 0.6 is 34.5 Å². The van der Waals surface area contributed by atoms with E-state index in [2.05, 4.69) is 15.0 Å². The molecule has 174 valence electrons. The second-order valence-electron chi connectivity index (χ2n) is 7.69. The third kappa shape index (κ3) is 4.24. The number of hydrogen-bond acceptors (Lipinski definition) is 8. The Labute approximate surface area is 204 Å². The van der Waals surface area contributed by atoms with Gasteiger partial charge in [-0.15, -0.1) is 11.3 Å². The fourth-order valence-corrected chi connectivity index (χ4v) is 6.46. The van der Waals surface area contributed by atoms with E-state index < -0.39 is 10.0 Å². The smallest absolute Gasteiger partial charge is 0.276 e. The molecule has 0 spiro atoms. The zero-order chi connectivity index (χ0) is 23.2. The first-order valence-electron chi connectivity index (χ1n) is 10.2. The lowest BCUT2D eigenvalue weighted by Crippen LogP contribution is -2.49. The van der Waals surface area contributed by atoms with Crippen molar-refractivity contribution in [2.24, 2.45) is 0 Å². The summed E-state index contributed by atoms with van der Waals surface area (Å²) in [6.07, 6.45) is 2.09. The molecule has 3 aromatic rings. The van der Waals surface area contributed by atoms with E-state index in [1.165, 1.54) is 22.5 Å². The van der Waals surface area contributed by atoms with Crippen LogP contribution in [-0.2, 0) is 23.0 Å². The van der Waals surface area contributed by atoms with Gasteiger partial charge in [0, 0.05) is 62.8 Å². The van der Waals surface area contributed by atoms with Crippen molar-refractivity contribution in [2.45, 2.75) is 17.9 Å². The molecule has 5 rings (SSSR count). The molecule has 1 amide bonds. The van der Waals surface area contributed by atoms with Crippen LogP contribution in [0.2, 0.25) is 10.0 Å². The Morgan fingerprint density at radius 2 is 1.88 bits per heavy atom. The number of carbonyl (C=O) groups excluding carboxylic acids is 1. The van der Waals surface area contributed by atoms with Gasteiger partial charge < -0.3 is 14.3 Å². The molecule has 0 saturated carbocycles. The Hall–Kier alpha value is -2.18. The average Bonchev–Trinajstić information content (AvgIpc) is 3.50. The number of thiazole rings is 1. The molecule has 0 atom stereocenters. The van der Waals surface area contributed by atoms with Crippen LogP contribution in [0.1, 0.15) is 21.8 Å². The first-order valence-corrected chi connectivity index (χ1v) is 13.3. The van der Waals surface area contributed by atoms with E-state index in [-0.39, 0.29) is 39.6 Å². The highest BCUT2D eigenvalue weighted by molar-refractivity contribution is 7.89. The molecule has 1 fully saturated rings. The third-order valence-corrected chi connectivity index (χ3v) is 9.19. The number of nitrogens with zero attached hydrogens (tertiary/aromatic N) is 5. The largest absolute Gasteiger partial charge is 0.360 e. The molecular weight excluding hydrogens is 509 g/mol. The van der Waals surface area contributed by atoms with E-state index in [4.69, 9.17) is 27.7 Å². The number of halogens is 2. The van der Waals surface area contributed by atoms with Crippen molar-refractivity contribution in [3.63, 3.8) is 0 Å². The lowest BCUT2D eigenvalue weighted by atomic mass is 10.1. The average molecular weight is 528 g/mol. The summed E-state index contributed by atoms with van der Waals surface area (Å²) in [6.45, 7) is 2.58. The number of fused-ring (bicyclic) bond motifs is 1. The van der Waals surface area contributed by atoms with Crippen molar-refractivity contribution in [3.05, 3.63) is 56.8 Å². The van der Waals surface area contributed by atoms with Crippen molar-refractivity contribution >= 4 is 55.6 Å². The number of amides is 1. The number of rotatable bonds is 4. The van der Waals surface area contributed by atoms with E-state index in [9.17, 15) is 13.2 Å². The lowest BCUT2D eigenvalue weighted by Gasteiger charge is -2.34. The van der Waals surface area contributed by atoms with Gasteiger partial charge in [0.05, 0.1) is 14.9 Å². The fraction of sp³-hybridized carbons (Fsp3) is 0.350. The minimum atomic E-state index is -3.84. The van der Waals surface area contributed by atoms with Gasteiger partial charge in [-0.3, -0.25) is 4.79 Å². The Morgan fingerprint density at radius 1 is 1.09 bits per heavy atom. The maximum atomic E-state index is 13.2. The van der Waals surface area contributed by atoms with Gasteiger partial charge in [-0.25, -0.2) is 13.4 Å². The van der Waals surface area contributed by atoms with Gasteiger partial charge in [0.15, 0.2) is 10.8 Å². The van der Waals surface area contributed by atoms with Crippen molar-refractivity contribution in [1.82, 2.24) is 19.3 Å². The summed E-state index contributed by atoms with van der Waals surface area (Å²) >= 11 is 13.5. The molecule has 4 heterocycles. The topological polar surface area (TPSA) is 99.8 Å². The highest BCUT2D eigenvalue weighted by Gasteiger charge is 2.36. The Morgan fingerprint density at radius 3 is 2.58 bits per heavy atom. The highest BCUT2D eigenvalue weighted by Crippen LogP contribution is 2.31. The summed E-state index contributed by atoms with van der Waals surface area (Å²) in [5, 5.41) is 7.30. The molecule has 2 aliphatic heterocycles. The number of carbonyl (C=O) groups is 1. The zero-order valence-electron chi connectivity index (χ0n) is 17.3. The van der Waals surface area contributed by atoms with Crippen LogP contribution in [0.25, 0.3) is 0 Å². The molecule has 2 aliphatic rings. The highest BCUT2D eigenvalue weighted by atomic mass is 35.5. The van der Waals surface area contributed by atoms with E-state index in [0.717, 1.165) is 5.13 Å². The van der Waals surface area contributed by atoms with Crippen LogP contribution in [-0.4, -0.2) is 66.4 Å². The molecule has 0 aliphatic carbocycles. The van der Waals surface area contributed by atoms with Gasteiger partial charge in [-0.1, -0.05) is 28.4 Å². The first-order chi connectivity index (χ1) is 15.8. The molecule has 33 heavy (non-hydrogen) atoms. The van der Waals surface area contributed by atoms with E-state index in [0.29, 0.717) is 43.9 Å². The van der Waals surface area contributed by atoms with Crippen LogP contribution in [0.15, 0.2) is 39.2 Å². The predicted molar refractivity (Wildman–Crippen MR) is 124 cm³/mol. The molecule has 0 bridgehead atoms. The predicted octanol–water partition coefficient (Wildman–Crippen LogP) is 3.15. The molecule has 0 N–H and O–H groups in total. The maximum Gasteiger partial charge on any atom is 0.276 e. The number of hydrogen-bond donors (Lipinski definition) is 0. The summed E-state index contributed by atoms with van der Waals surface area (Å²) < 4.78 is 33.1. The normalized spacial score (nSPS) is 17.3. The SMILES string of the molecule is O=C(c1noc2c1CN(S(=O)(=O)c1ccc(Cl)c(Cl)c1)CC2)N1CCN(c2nccs2)CC1. The lowest BCUT2D eigenvalue weighted by molar-refractivity contribution is 0.0735. The fourth-order valence-electron chi connectivity index (χ4n) is 3.97. The molecule has 13 heteroatoms. The molecule has 1 aromatic carbocycles. The second kappa shape index (κ2) is 8.88. The van der Waals surface area contributed by atoms with Crippen molar-refractivity contribution in [3.8, 4) is 0 Å². The Bertz CT molecular complexity index is 1290. The molecule has 0 unspecified atom stereocenters. The quantitative estimate of drug-likeness (QED) is 0.513. The molecule has 9 nitrogen and oxygen atoms in total. The minimum absolute atomic E-state index is 0.00155. The van der Waals surface area contributed by atoms with Crippen molar-refractivity contribution in [2.75, 3.05) is 37.6 Å². The monoisotopic (exact) mass is 527 g/mol. The van der Waals surface area contributed by atoms with Crippen LogP contribution in [0.5, 0.6) is 0 Å². The first kappa shape index (κ1) is 22.6. The zero-order valence-corrected chi connectivity index (χ0v) is 20.4. The van der Waals surface area contributed by atoms with Crippen LogP contribution in [0.4, 0.5) is 5.13 Å². The van der Waals surface area contributed by atoms with Gasteiger partial charge in [0.1, 0.15) is 5.76 Å². The second-order valence-corrected chi connectivity index (χ2v) is 11.3. The van der Waals surface area contributed by atoms with Crippen molar-refractivity contribution < 1.29 is 17.7 Å². The summed E-state index contributed by atoms with van der Waals surface area (Å²) in [5.41, 5.74) is 0.680. The van der Waals surface area contributed by atoms with Crippen molar-refractivity contribution in [1.29, 1.82) is 0 Å². The number of aromatic nitrogens is 2. The number of piperazine rings is 1. The summed E-state index contributed by atoms with van der Waals surface area (Å²) in [5.74, 6) is 0.285. The van der Waals surface area contributed by atoms with Crippen LogP contribution in [0, 0.1) is 0 Å². The van der Waals surface area contributed by atoms with E-state index in [1.807, 2.05) is 5.38 Å². The van der Waals surface area contributed by atoms with Gasteiger partial charge in [-0.2, -0.15) is 4.31 Å². The number of anilines is 1. The number of sulfonamides is 1. The molecular formula is C20H19Cl2N5O4S2. The van der Waals surface area contributed by atoms with Gasteiger partial charge in [0.25, 0.3) is 5.91 Å². The Kier molecular flexibility index (Phi) is 6.08. The standard InChI is InChI=1S/C20H19Cl2N5O4S2/c21-15-2-1-13(11-16(15)22)33(29,30)27-5-3-17-14(12-27)18(24-31-17)19(28)25-6-8-26(9-7-25)20-23-4-10-32-20/h1-2,4,10-11H,3,5-9,12H2. The molecule has 0 radical (unpaired) electrons. The van der Waals surface area contributed by atoms with Crippen LogP contribution < -0.4 is 4.90 Å². The van der Waals surface area contributed by atoms with Crippen LogP contribution in [0.3, 0.4) is 0 Å².